The van der Waals surface area contributed by atoms with Crippen molar-refractivity contribution < 1.29 is 14.6 Å². The van der Waals surface area contributed by atoms with E-state index < -0.39 is 6.09 Å². The first-order chi connectivity index (χ1) is 16.1. The molecule has 3 fully saturated rings. The highest BCUT2D eigenvalue weighted by atomic mass is 16.5. The lowest BCUT2D eigenvalue weighted by Gasteiger charge is -2.51. The van der Waals surface area contributed by atoms with Crippen molar-refractivity contribution in [2.24, 2.45) is 11.3 Å². The molecule has 1 amide bonds. The second-order valence-electron chi connectivity index (χ2n) is 11.5. The van der Waals surface area contributed by atoms with Gasteiger partial charge in [0.2, 0.25) is 0 Å². The molecule has 6 rings (SSSR count). The highest BCUT2D eigenvalue weighted by Gasteiger charge is 2.50. The number of rotatable bonds is 5. The summed E-state index contributed by atoms with van der Waals surface area (Å²) in [5.74, 6) is 1.41. The van der Waals surface area contributed by atoms with Crippen LogP contribution in [0.5, 0.6) is 5.75 Å². The maximum Gasteiger partial charge on any atom is 0.408 e. The Balaban J connectivity index is 1.48. The van der Waals surface area contributed by atoms with Crippen molar-refractivity contribution in [3.8, 4) is 16.9 Å². The molecule has 3 aliphatic heterocycles. The predicted octanol–water partition coefficient (Wildman–Crippen LogP) is 6.15. The first-order valence-electron chi connectivity index (χ1n) is 12.8. The molecule has 182 valence electrons. The number of amides is 1. The lowest BCUT2D eigenvalue weighted by Crippen LogP contribution is -2.60. The fourth-order valence-electron chi connectivity index (χ4n) is 6.65. The predicted molar refractivity (Wildman–Crippen MR) is 135 cm³/mol. The highest BCUT2D eigenvalue weighted by Crippen LogP contribution is 2.51. The first kappa shape index (κ1) is 23.2. The largest absolute Gasteiger partial charge is 0.491 e. The molecule has 3 heterocycles. The average Bonchev–Trinajstić information content (AvgIpc) is 3.05. The van der Waals surface area contributed by atoms with Gasteiger partial charge in [0.15, 0.2) is 0 Å². The number of benzene rings is 2. The minimum Gasteiger partial charge on any atom is -0.491 e. The van der Waals surface area contributed by atoms with Crippen LogP contribution in [-0.2, 0) is 6.42 Å². The van der Waals surface area contributed by atoms with Crippen molar-refractivity contribution in [3.05, 3.63) is 53.1 Å². The molecule has 5 nitrogen and oxygen atoms in total. The van der Waals surface area contributed by atoms with E-state index in [4.69, 9.17) is 4.74 Å². The molecule has 2 atom stereocenters. The maximum atomic E-state index is 12.7. The molecular formula is C29H38N2O3. The highest BCUT2D eigenvalue weighted by molar-refractivity contribution is 5.70. The van der Waals surface area contributed by atoms with Crippen LogP contribution in [0.3, 0.4) is 0 Å². The Morgan fingerprint density at radius 3 is 2.38 bits per heavy atom. The number of piperidine rings is 3. The molecule has 0 saturated carbocycles. The topological polar surface area (TPSA) is 53.0 Å². The summed E-state index contributed by atoms with van der Waals surface area (Å²) in [7, 11) is 0. The van der Waals surface area contributed by atoms with E-state index in [1.165, 1.54) is 22.3 Å². The van der Waals surface area contributed by atoms with E-state index in [9.17, 15) is 9.90 Å². The van der Waals surface area contributed by atoms with Gasteiger partial charge in [-0.2, -0.15) is 0 Å². The SMILES string of the molecule is Cc1cc(-c2ccc3c(c2)CC(C)(C)[C@H]3N(C(=O)O)[C@@H]2CN3CCC2CC3)ccc1OC(C)C. The number of ether oxygens (including phenoxy) is 1. The number of carboxylic acid groups (broad SMARTS) is 1. The van der Waals surface area contributed by atoms with Gasteiger partial charge in [-0.1, -0.05) is 38.1 Å². The van der Waals surface area contributed by atoms with Crippen LogP contribution in [0.25, 0.3) is 11.1 Å². The van der Waals surface area contributed by atoms with E-state index in [0.717, 1.165) is 50.2 Å². The van der Waals surface area contributed by atoms with Gasteiger partial charge in [0.25, 0.3) is 0 Å². The van der Waals surface area contributed by atoms with Crippen molar-refractivity contribution >= 4 is 6.09 Å². The van der Waals surface area contributed by atoms with Crippen LogP contribution in [-0.4, -0.2) is 52.8 Å². The summed E-state index contributed by atoms with van der Waals surface area (Å²) >= 11 is 0. The first-order valence-corrected chi connectivity index (χ1v) is 12.8. The molecule has 0 unspecified atom stereocenters. The van der Waals surface area contributed by atoms with Gasteiger partial charge in [-0.3, -0.25) is 4.90 Å². The molecule has 0 spiro atoms. The Hall–Kier alpha value is -2.53. The smallest absolute Gasteiger partial charge is 0.408 e. The third-order valence-corrected chi connectivity index (χ3v) is 8.17. The van der Waals surface area contributed by atoms with Crippen molar-refractivity contribution in [2.45, 2.75) is 72.1 Å². The van der Waals surface area contributed by atoms with E-state index >= 15 is 0 Å². The Morgan fingerprint density at radius 2 is 1.79 bits per heavy atom. The Kier molecular flexibility index (Phi) is 5.87. The zero-order valence-electron chi connectivity index (χ0n) is 21.2. The average molecular weight is 463 g/mol. The normalized spacial score (nSPS) is 27.0. The molecule has 3 saturated heterocycles. The summed E-state index contributed by atoms with van der Waals surface area (Å²) in [4.78, 5) is 17.0. The monoisotopic (exact) mass is 462 g/mol. The van der Waals surface area contributed by atoms with E-state index in [1.807, 2.05) is 18.7 Å². The molecule has 5 heteroatoms. The molecule has 34 heavy (non-hydrogen) atoms. The van der Waals surface area contributed by atoms with E-state index in [-0.39, 0.29) is 23.6 Å². The third-order valence-electron chi connectivity index (χ3n) is 8.17. The summed E-state index contributed by atoms with van der Waals surface area (Å²) in [5.41, 5.74) is 5.80. The van der Waals surface area contributed by atoms with Crippen LogP contribution >= 0.6 is 0 Å². The number of hydrogen-bond donors (Lipinski definition) is 1. The summed E-state index contributed by atoms with van der Waals surface area (Å²) in [5, 5.41) is 10.4. The fourth-order valence-corrected chi connectivity index (χ4v) is 6.65. The number of hydrogen-bond acceptors (Lipinski definition) is 3. The number of fused-ring (bicyclic) bond motifs is 4. The molecule has 0 radical (unpaired) electrons. The molecule has 0 aromatic heterocycles. The lowest BCUT2D eigenvalue weighted by molar-refractivity contribution is -0.0267. The van der Waals surface area contributed by atoms with Crippen molar-refractivity contribution in [3.63, 3.8) is 0 Å². The fraction of sp³-hybridized carbons (Fsp3) is 0.552. The molecule has 1 aliphatic carbocycles. The zero-order chi connectivity index (χ0) is 24.2. The van der Waals surface area contributed by atoms with Crippen molar-refractivity contribution in [2.75, 3.05) is 19.6 Å². The molecule has 1 N–H and O–H groups in total. The van der Waals surface area contributed by atoms with E-state index in [2.05, 4.69) is 62.1 Å². The molecule has 2 aromatic rings. The van der Waals surface area contributed by atoms with Crippen LogP contribution in [0, 0.1) is 18.3 Å². The molecule has 2 aromatic carbocycles. The quantitative estimate of drug-likeness (QED) is 0.579. The lowest BCUT2D eigenvalue weighted by atomic mass is 9.79. The van der Waals surface area contributed by atoms with E-state index in [0.29, 0.717) is 5.92 Å². The maximum absolute atomic E-state index is 12.7. The number of carbonyl (C=O) groups is 1. The minimum absolute atomic E-state index is 0.0889. The van der Waals surface area contributed by atoms with Gasteiger partial charge in [-0.15, -0.1) is 0 Å². The van der Waals surface area contributed by atoms with Gasteiger partial charge in [0.1, 0.15) is 5.75 Å². The summed E-state index contributed by atoms with van der Waals surface area (Å²) in [6.45, 7) is 13.7. The second-order valence-corrected chi connectivity index (χ2v) is 11.5. The Bertz CT molecular complexity index is 1080. The van der Waals surface area contributed by atoms with Gasteiger partial charge < -0.3 is 14.7 Å². The van der Waals surface area contributed by atoms with Crippen LogP contribution in [0.1, 0.15) is 63.3 Å². The number of nitrogens with zero attached hydrogens (tertiary/aromatic N) is 2. The van der Waals surface area contributed by atoms with Gasteiger partial charge in [0.05, 0.1) is 18.2 Å². The van der Waals surface area contributed by atoms with Crippen LogP contribution in [0.2, 0.25) is 0 Å². The standard InChI is InChI=1S/C29H38N2O3/c1-18(2)34-26-9-7-21(14-19(26)3)22-6-8-24-23(15-22)16-29(4,5)27(24)31(28(32)33)25-17-30-12-10-20(25)11-13-30/h6-9,14-15,18,20,25,27H,10-13,16-17H2,1-5H3,(H,32,33)/t25-,27+/m1/s1. The minimum atomic E-state index is -0.773. The number of aryl methyl sites for hydroxylation is 1. The van der Waals surface area contributed by atoms with Gasteiger partial charge >= 0.3 is 6.09 Å². The molecular weight excluding hydrogens is 424 g/mol. The molecule has 4 aliphatic rings. The van der Waals surface area contributed by atoms with Gasteiger partial charge in [0, 0.05) is 6.54 Å². The second kappa shape index (κ2) is 8.60. The molecule has 2 bridgehead atoms. The summed E-state index contributed by atoms with van der Waals surface area (Å²) in [6.07, 6.45) is 2.49. The van der Waals surface area contributed by atoms with Crippen LogP contribution in [0.15, 0.2) is 36.4 Å². The zero-order valence-corrected chi connectivity index (χ0v) is 21.2. The van der Waals surface area contributed by atoms with Gasteiger partial charge in [-0.05, 0) is 104 Å². The Morgan fingerprint density at radius 1 is 1.12 bits per heavy atom. The van der Waals surface area contributed by atoms with Crippen LogP contribution < -0.4 is 4.74 Å². The van der Waals surface area contributed by atoms with E-state index in [1.54, 1.807) is 0 Å². The van der Waals surface area contributed by atoms with Crippen LogP contribution in [0.4, 0.5) is 4.79 Å². The van der Waals surface area contributed by atoms with Crippen molar-refractivity contribution in [1.29, 1.82) is 0 Å². The summed E-state index contributed by atoms with van der Waals surface area (Å²) < 4.78 is 5.91. The summed E-state index contributed by atoms with van der Waals surface area (Å²) in [6, 6.07) is 13.0. The third kappa shape index (κ3) is 4.08. The Labute approximate surface area is 203 Å². The van der Waals surface area contributed by atoms with Gasteiger partial charge in [-0.25, -0.2) is 4.79 Å². The van der Waals surface area contributed by atoms with Crippen molar-refractivity contribution in [1.82, 2.24) is 9.80 Å².